The molecule has 0 spiro atoms. The quantitative estimate of drug-likeness (QED) is 0.342. The molecule has 16 heteroatoms. The van der Waals surface area contributed by atoms with Crippen LogP contribution in [0.15, 0.2) is 24.0 Å². The molecule has 0 radical (unpaired) electrons. The number of ether oxygens (including phenoxy) is 1. The molecule has 1 atom stereocenters. The summed E-state index contributed by atoms with van der Waals surface area (Å²) in [7, 11) is -1.56. The Morgan fingerprint density at radius 1 is 0.950 bits per heavy atom. The topological polar surface area (TPSA) is 116 Å². The minimum atomic E-state index is -3.58. The molecule has 2 saturated heterocycles. The molecule has 0 bridgehead atoms. The number of carbonyl (C=O) groups is 2. The molecule has 2 amide bonds. The second kappa shape index (κ2) is 15.8. The van der Waals surface area contributed by atoms with Crippen molar-refractivity contribution in [3.63, 3.8) is 0 Å². The average molecular weight is 635 g/mol. The standard InChI is InChI=1S/C24H34F3N5O5S.2ClH/c1-29-5-3-17(4-6-29)15-37-16-24(34)32-10-8-30(38(2,35)36)7-9-31(32)23(33)13-19(28)11-18-12-21(26)22(27)14-20(18)25;;/h12,14-15,19H,3-11,13,16,28H2,1-2H3;2*1H/t19-;;/m1../s1. The number of piperidine rings is 1. The van der Waals surface area contributed by atoms with Gasteiger partial charge in [0.2, 0.25) is 15.9 Å². The number of carbonyl (C=O) groups excluding carboxylic acids is 2. The van der Waals surface area contributed by atoms with Gasteiger partial charge < -0.3 is 15.4 Å². The maximum absolute atomic E-state index is 14.0. The van der Waals surface area contributed by atoms with E-state index in [4.69, 9.17) is 10.5 Å². The van der Waals surface area contributed by atoms with E-state index in [1.165, 1.54) is 4.31 Å². The van der Waals surface area contributed by atoms with Gasteiger partial charge in [-0.2, -0.15) is 4.31 Å². The Balaban J connectivity index is 0.00000400. The number of halogens is 5. The van der Waals surface area contributed by atoms with Crippen molar-refractivity contribution in [2.45, 2.75) is 31.7 Å². The van der Waals surface area contributed by atoms with E-state index < -0.39 is 45.3 Å². The predicted octanol–water partition coefficient (Wildman–Crippen LogP) is 1.68. The highest BCUT2D eigenvalue weighted by molar-refractivity contribution is 7.88. The summed E-state index contributed by atoms with van der Waals surface area (Å²) in [6, 6.07) is 0.130. The zero-order chi connectivity index (χ0) is 28.0. The summed E-state index contributed by atoms with van der Waals surface area (Å²) in [5.74, 6) is -4.70. The van der Waals surface area contributed by atoms with E-state index in [2.05, 4.69) is 4.90 Å². The van der Waals surface area contributed by atoms with Crippen LogP contribution in [0.2, 0.25) is 0 Å². The van der Waals surface area contributed by atoms with Crippen molar-refractivity contribution in [1.82, 2.24) is 19.2 Å². The van der Waals surface area contributed by atoms with Gasteiger partial charge in [0.15, 0.2) is 18.2 Å². The van der Waals surface area contributed by atoms with Crippen LogP contribution < -0.4 is 5.73 Å². The molecule has 3 rings (SSSR count). The lowest BCUT2D eigenvalue weighted by atomic mass is 10.0. The summed E-state index contributed by atoms with van der Waals surface area (Å²) >= 11 is 0. The van der Waals surface area contributed by atoms with Crippen LogP contribution in [0.3, 0.4) is 0 Å². The normalized spacial score (nSPS) is 17.8. The number of likely N-dealkylation sites (tertiary alicyclic amines) is 1. The van der Waals surface area contributed by atoms with Crippen LogP contribution in [0.4, 0.5) is 13.2 Å². The Morgan fingerprint density at radius 3 is 2.08 bits per heavy atom. The molecular formula is C24H36Cl2F3N5O5S. The van der Waals surface area contributed by atoms with Crippen LogP contribution in [0.5, 0.6) is 0 Å². The number of nitrogens with two attached hydrogens (primary N) is 1. The van der Waals surface area contributed by atoms with E-state index in [1.807, 2.05) is 7.05 Å². The molecule has 1 aromatic carbocycles. The van der Waals surface area contributed by atoms with Crippen molar-refractivity contribution < 1.29 is 35.9 Å². The second-order valence-electron chi connectivity index (χ2n) is 9.61. The molecule has 0 aliphatic carbocycles. The Kier molecular flexibility index (Phi) is 14.2. The summed E-state index contributed by atoms with van der Waals surface area (Å²) < 4.78 is 71.7. The van der Waals surface area contributed by atoms with Crippen LogP contribution in [0, 0.1) is 17.5 Å². The van der Waals surface area contributed by atoms with Gasteiger partial charge in [0, 0.05) is 44.7 Å². The number of hydrogen-bond acceptors (Lipinski definition) is 7. The van der Waals surface area contributed by atoms with E-state index >= 15 is 0 Å². The monoisotopic (exact) mass is 633 g/mol. The molecule has 10 nitrogen and oxygen atoms in total. The van der Waals surface area contributed by atoms with Gasteiger partial charge in [-0.25, -0.2) is 31.6 Å². The van der Waals surface area contributed by atoms with Crippen LogP contribution >= 0.6 is 24.8 Å². The van der Waals surface area contributed by atoms with Crippen molar-refractivity contribution in [2.24, 2.45) is 5.73 Å². The third-order valence-electron chi connectivity index (χ3n) is 6.55. The zero-order valence-corrected chi connectivity index (χ0v) is 24.8. The van der Waals surface area contributed by atoms with Crippen molar-refractivity contribution in [3.8, 4) is 0 Å². The van der Waals surface area contributed by atoms with E-state index in [1.54, 1.807) is 6.26 Å². The maximum atomic E-state index is 14.0. The first-order valence-corrected chi connectivity index (χ1v) is 14.1. The lowest BCUT2D eigenvalue weighted by Gasteiger charge is -2.33. The van der Waals surface area contributed by atoms with Gasteiger partial charge in [-0.3, -0.25) is 9.59 Å². The lowest BCUT2D eigenvalue weighted by molar-refractivity contribution is -0.164. The predicted molar refractivity (Wildman–Crippen MR) is 148 cm³/mol. The maximum Gasteiger partial charge on any atom is 0.279 e. The van der Waals surface area contributed by atoms with Gasteiger partial charge in [0.1, 0.15) is 5.82 Å². The number of amides is 2. The molecule has 2 fully saturated rings. The van der Waals surface area contributed by atoms with Gasteiger partial charge >= 0.3 is 0 Å². The van der Waals surface area contributed by atoms with E-state index in [-0.39, 0.29) is 76.0 Å². The highest BCUT2D eigenvalue weighted by Crippen LogP contribution is 2.18. The fraction of sp³-hybridized carbons (Fsp3) is 0.583. The summed E-state index contributed by atoms with van der Waals surface area (Å²) in [5.41, 5.74) is 6.90. The number of benzene rings is 1. The third kappa shape index (κ3) is 10.1. The molecule has 40 heavy (non-hydrogen) atoms. The summed E-state index contributed by atoms with van der Waals surface area (Å²) in [6.45, 7) is 1.15. The summed E-state index contributed by atoms with van der Waals surface area (Å²) in [5, 5.41) is 2.27. The SMILES string of the molecule is CN1CCC(=COCC(=O)N2CCN(S(C)(=O)=O)CCN2C(=O)C[C@H](N)Cc2cc(F)c(F)cc2F)CC1.Cl.Cl. The molecule has 2 N–H and O–H groups in total. The fourth-order valence-corrected chi connectivity index (χ4v) is 5.18. The Labute approximate surface area is 245 Å². The molecule has 0 aromatic heterocycles. The van der Waals surface area contributed by atoms with Gasteiger partial charge in [0.25, 0.3) is 5.91 Å². The number of sulfonamides is 1. The first-order valence-electron chi connectivity index (χ1n) is 12.3. The number of hydrazine groups is 1. The second-order valence-corrected chi connectivity index (χ2v) is 11.6. The molecule has 1 aromatic rings. The molecule has 2 aliphatic heterocycles. The molecule has 2 aliphatic rings. The summed E-state index contributed by atoms with van der Waals surface area (Å²) in [6.07, 6.45) is 3.64. The first-order chi connectivity index (χ1) is 17.8. The first kappa shape index (κ1) is 35.9. The Bertz CT molecular complexity index is 1170. The Morgan fingerprint density at radius 2 is 1.50 bits per heavy atom. The molecule has 0 unspecified atom stereocenters. The minimum absolute atomic E-state index is 0. The summed E-state index contributed by atoms with van der Waals surface area (Å²) in [4.78, 5) is 28.4. The van der Waals surface area contributed by atoms with Crippen LogP contribution in [0.1, 0.15) is 24.8 Å². The largest absolute Gasteiger partial charge is 0.491 e. The molecular weight excluding hydrogens is 598 g/mol. The van der Waals surface area contributed by atoms with Crippen molar-refractivity contribution in [1.29, 1.82) is 0 Å². The molecule has 228 valence electrons. The van der Waals surface area contributed by atoms with Crippen molar-refractivity contribution >= 4 is 46.7 Å². The van der Waals surface area contributed by atoms with Gasteiger partial charge in [-0.1, -0.05) is 0 Å². The highest BCUT2D eigenvalue weighted by Gasteiger charge is 2.33. The lowest BCUT2D eigenvalue weighted by Crippen LogP contribution is -2.52. The van der Waals surface area contributed by atoms with Gasteiger partial charge in [0.05, 0.1) is 25.6 Å². The van der Waals surface area contributed by atoms with Crippen molar-refractivity contribution in [2.75, 3.05) is 59.2 Å². The molecule has 0 saturated carbocycles. The molecule has 2 heterocycles. The van der Waals surface area contributed by atoms with Crippen LogP contribution in [-0.2, 0) is 30.8 Å². The Hall–Kier alpha value is -2.10. The smallest absolute Gasteiger partial charge is 0.279 e. The fourth-order valence-electron chi connectivity index (χ4n) is 4.35. The van der Waals surface area contributed by atoms with Gasteiger partial charge in [-0.15, -0.1) is 24.8 Å². The van der Waals surface area contributed by atoms with Gasteiger partial charge in [-0.05, 0) is 43.5 Å². The number of hydrogen-bond donors (Lipinski definition) is 1. The minimum Gasteiger partial charge on any atom is -0.491 e. The number of nitrogens with zero attached hydrogens (tertiary/aromatic N) is 4. The van der Waals surface area contributed by atoms with Crippen LogP contribution in [-0.4, -0.2) is 105 Å². The van der Waals surface area contributed by atoms with E-state index in [0.717, 1.165) is 47.8 Å². The van der Waals surface area contributed by atoms with Crippen molar-refractivity contribution in [3.05, 3.63) is 47.0 Å². The van der Waals surface area contributed by atoms with E-state index in [0.29, 0.717) is 12.1 Å². The van der Waals surface area contributed by atoms with E-state index in [9.17, 15) is 31.2 Å². The average Bonchev–Trinajstić information content (AvgIpc) is 3.07. The number of rotatable bonds is 8. The third-order valence-corrected chi connectivity index (χ3v) is 7.86. The highest BCUT2D eigenvalue weighted by atomic mass is 35.5. The van der Waals surface area contributed by atoms with Crippen LogP contribution in [0.25, 0.3) is 0 Å². The zero-order valence-electron chi connectivity index (χ0n) is 22.4.